The molecule has 1 saturated heterocycles. The molecule has 2 saturated carbocycles. The summed E-state index contributed by atoms with van der Waals surface area (Å²) in [5.74, 6) is -2.77. The zero-order valence-corrected chi connectivity index (χ0v) is 36.0. The molecule has 2 aliphatic heterocycles. The van der Waals surface area contributed by atoms with Gasteiger partial charge in [-0.3, -0.25) is 23.9 Å². The van der Waals surface area contributed by atoms with Crippen LogP contribution >= 0.6 is 0 Å². The standard InChI is InChI=1S/C45H54N6O9S/c1-43(2,3)27-19-17-26(18-20-27)37-47-35-31-14-11-12-16-34(31)60-36(35)39(48-37)59-29-23-33-38(52)49-45(42(55)50-61(57,58)30-21-22-30)24-28(45)13-9-7-6-8-10-15-32(40(53)51(33)25-29)46-41(54)44(4,5)56/h9,11-14,16-20,28-30,32-33,56H,6-8,10,15,21-25H2,1-5H3,(H,46,54)(H,49,52)(H,50,55)/b13-9-/t28-,29-,32+,33+,45-/m1/s1. The molecule has 4 heterocycles. The highest BCUT2D eigenvalue weighted by Gasteiger charge is 2.62. The van der Waals surface area contributed by atoms with Gasteiger partial charge in [-0.1, -0.05) is 82.2 Å². The number of carbonyl (C=O) groups excluding carboxylic acids is 4. The molecule has 4 amide bonds. The molecule has 8 rings (SSSR count). The fraction of sp³-hybridized carbons (Fsp3) is 0.511. The molecule has 324 valence electrons. The first-order valence-corrected chi connectivity index (χ1v) is 22.7. The SMILES string of the molecule is CC(C)(O)C(=O)N[C@H]1CCCCC/C=C\[C@@H]2C[C@@]2(C(=O)NS(=O)(=O)C2CC2)NC(=O)[C@@H]2C[C@@H](Oc3nc(-c4ccc(C(C)(C)C)cc4)nc4c3oc3ccccc34)CN2C1=O. The summed E-state index contributed by atoms with van der Waals surface area (Å²) in [6, 6.07) is 13.1. The zero-order valence-electron chi connectivity index (χ0n) is 35.2. The molecule has 0 radical (unpaired) electrons. The summed E-state index contributed by atoms with van der Waals surface area (Å²) in [6.07, 6.45) is 6.95. The van der Waals surface area contributed by atoms with Crippen molar-refractivity contribution < 1.29 is 41.9 Å². The van der Waals surface area contributed by atoms with Crippen LogP contribution in [-0.4, -0.2) is 93.1 Å². The van der Waals surface area contributed by atoms with Gasteiger partial charge in [0.2, 0.25) is 27.4 Å². The van der Waals surface area contributed by atoms with Gasteiger partial charge >= 0.3 is 0 Å². The number of aromatic nitrogens is 2. The Labute approximate surface area is 355 Å². The molecule has 0 bridgehead atoms. The minimum atomic E-state index is -3.93. The molecule has 2 aromatic carbocycles. The number of carbonyl (C=O) groups is 4. The van der Waals surface area contributed by atoms with E-state index in [2.05, 4.69) is 36.1 Å². The van der Waals surface area contributed by atoms with E-state index in [4.69, 9.17) is 19.1 Å². The lowest BCUT2D eigenvalue weighted by Gasteiger charge is -2.31. The highest BCUT2D eigenvalue weighted by Crippen LogP contribution is 2.46. The average Bonchev–Trinajstić information content (AvgIpc) is 4.10. The smallest absolute Gasteiger partial charge is 0.262 e. The maximum absolute atomic E-state index is 14.7. The first-order chi connectivity index (χ1) is 28.8. The first-order valence-electron chi connectivity index (χ1n) is 21.2. The number of allylic oxidation sites excluding steroid dienone is 1. The number of rotatable bonds is 8. The van der Waals surface area contributed by atoms with Crippen molar-refractivity contribution in [2.45, 2.75) is 132 Å². The number of benzene rings is 2. The Morgan fingerprint density at radius 1 is 0.984 bits per heavy atom. The quantitative estimate of drug-likeness (QED) is 0.174. The second kappa shape index (κ2) is 15.8. The van der Waals surface area contributed by atoms with Crippen LogP contribution in [0.25, 0.3) is 33.5 Å². The topological polar surface area (TPSA) is 210 Å². The number of fused-ring (bicyclic) bond motifs is 5. The number of nitrogens with one attached hydrogen (secondary N) is 3. The van der Waals surface area contributed by atoms with Gasteiger partial charge in [0.15, 0.2) is 5.82 Å². The van der Waals surface area contributed by atoms with E-state index < -0.39 is 74.1 Å². The number of hydrogen-bond acceptors (Lipinski definition) is 11. The molecular formula is C45H54N6O9S. The lowest BCUT2D eigenvalue weighted by atomic mass is 9.87. The van der Waals surface area contributed by atoms with Crippen LogP contribution in [0.4, 0.5) is 0 Å². The molecule has 2 aromatic heterocycles. The number of aliphatic hydroxyl groups is 1. The summed E-state index contributed by atoms with van der Waals surface area (Å²) in [4.78, 5) is 67.4. The minimum Gasteiger partial charge on any atom is -0.470 e. The Kier molecular flexibility index (Phi) is 11.0. The summed E-state index contributed by atoms with van der Waals surface area (Å²) in [5, 5.41) is 16.2. The van der Waals surface area contributed by atoms with Gasteiger partial charge in [-0.2, -0.15) is 4.98 Å². The number of amides is 4. The van der Waals surface area contributed by atoms with E-state index in [1.165, 1.54) is 18.7 Å². The molecule has 16 heteroatoms. The van der Waals surface area contributed by atoms with E-state index in [9.17, 15) is 32.7 Å². The lowest BCUT2D eigenvalue weighted by Crippen LogP contribution is -2.59. The van der Waals surface area contributed by atoms with Crippen LogP contribution < -0.4 is 20.1 Å². The third-order valence-corrected chi connectivity index (χ3v) is 14.0. The van der Waals surface area contributed by atoms with Gasteiger partial charge in [0.25, 0.3) is 17.7 Å². The number of furan rings is 1. The summed E-state index contributed by atoms with van der Waals surface area (Å²) < 4.78 is 41.0. The van der Waals surface area contributed by atoms with Crippen molar-refractivity contribution in [3.8, 4) is 17.3 Å². The Morgan fingerprint density at radius 3 is 2.43 bits per heavy atom. The molecule has 0 unspecified atom stereocenters. The number of hydrogen-bond donors (Lipinski definition) is 4. The van der Waals surface area contributed by atoms with Gasteiger partial charge in [-0.05, 0) is 75.5 Å². The number of ether oxygens (including phenoxy) is 1. The van der Waals surface area contributed by atoms with Crippen molar-refractivity contribution in [1.82, 2.24) is 30.2 Å². The van der Waals surface area contributed by atoms with Gasteiger partial charge in [-0.25, -0.2) is 13.4 Å². The third kappa shape index (κ3) is 8.74. The van der Waals surface area contributed by atoms with Crippen LogP contribution in [0.2, 0.25) is 0 Å². The van der Waals surface area contributed by atoms with Gasteiger partial charge < -0.3 is 29.8 Å². The molecule has 5 atom stereocenters. The van der Waals surface area contributed by atoms with E-state index >= 15 is 0 Å². The van der Waals surface area contributed by atoms with Gasteiger partial charge in [0.1, 0.15) is 40.4 Å². The van der Waals surface area contributed by atoms with Crippen molar-refractivity contribution in [3.63, 3.8) is 0 Å². The van der Waals surface area contributed by atoms with E-state index in [0.29, 0.717) is 42.6 Å². The second-order valence-electron chi connectivity index (χ2n) is 18.5. The van der Waals surface area contributed by atoms with E-state index in [1.54, 1.807) is 0 Å². The molecule has 61 heavy (non-hydrogen) atoms. The van der Waals surface area contributed by atoms with Gasteiger partial charge in [-0.15, -0.1) is 0 Å². The molecule has 15 nitrogen and oxygen atoms in total. The van der Waals surface area contributed by atoms with Crippen LogP contribution in [0.5, 0.6) is 5.88 Å². The zero-order chi connectivity index (χ0) is 43.5. The average molecular weight is 855 g/mol. The molecule has 4 N–H and O–H groups in total. The maximum Gasteiger partial charge on any atom is 0.262 e. The third-order valence-electron chi connectivity index (χ3n) is 12.2. The Bertz CT molecular complexity index is 2520. The van der Waals surface area contributed by atoms with E-state index in [-0.39, 0.29) is 42.7 Å². The van der Waals surface area contributed by atoms with E-state index in [1.807, 2.05) is 60.7 Å². The van der Waals surface area contributed by atoms with Crippen molar-refractivity contribution in [1.29, 1.82) is 0 Å². The Balaban J connectivity index is 1.15. The van der Waals surface area contributed by atoms with Crippen molar-refractivity contribution in [2.75, 3.05) is 6.54 Å². The van der Waals surface area contributed by atoms with E-state index in [0.717, 1.165) is 29.4 Å². The highest BCUT2D eigenvalue weighted by atomic mass is 32.2. The normalized spacial score (nSPS) is 25.8. The van der Waals surface area contributed by atoms with Crippen molar-refractivity contribution >= 4 is 55.7 Å². The second-order valence-corrected chi connectivity index (χ2v) is 20.5. The summed E-state index contributed by atoms with van der Waals surface area (Å²) in [5.41, 5.74) is -0.168. The van der Waals surface area contributed by atoms with Crippen LogP contribution in [0, 0.1) is 5.92 Å². The number of nitrogens with zero attached hydrogens (tertiary/aromatic N) is 3. The number of para-hydroxylation sites is 1. The largest absolute Gasteiger partial charge is 0.470 e. The van der Waals surface area contributed by atoms with Crippen LogP contribution in [0.1, 0.15) is 98.0 Å². The van der Waals surface area contributed by atoms with Crippen LogP contribution in [0.3, 0.4) is 0 Å². The minimum absolute atomic E-state index is 0.0380. The molecular weight excluding hydrogens is 801 g/mol. The van der Waals surface area contributed by atoms with Gasteiger partial charge in [0.05, 0.1) is 11.8 Å². The fourth-order valence-corrected chi connectivity index (χ4v) is 9.60. The van der Waals surface area contributed by atoms with Gasteiger partial charge in [0, 0.05) is 23.3 Å². The summed E-state index contributed by atoms with van der Waals surface area (Å²) in [6.45, 7) is 8.95. The predicted octanol–water partition coefficient (Wildman–Crippen LogP) is 4.95. The fourth-order valence-electron chi connectivity index (χ4n) is 8.23. The molecule has 2 aliphatic carbocycles. The van der Waals surface area contributed by atoms with Crippen LogP contribution in [0.15, 0.2) is 65.1 Å². The molecule has 3 fully saturated rings. The first kappa shape index (κ1) is 42.3. The Morgan fingerprint density at radius 2 is 1.72 bits per heavy atom. The highest BCUT2D eigenvalue weighted by molar-refractivity contribution is 7.91. The lowest BCUT2D eigenvalue weighted by molar-refractivity contribution is -0.145. The summed E-state index contributed by atoms with van der Waals surface area (Å²) in [7, 11) is -3.93. The molecule has 4 aliphatic rings. The molecule has 0 spiro atoms. The predicted molar refractivity (Wildman–Crippen MR) is 227 cm³/mol. The monoisotopic (exact) mass is 854 g/mol. The maximum atomic E-state index is 14.7. The summed E-state index contributed by atoms with van der Waals surface area (Å²) >= 11 is 0. The van der Waals surface area contributed by atoms with Crippen molar-refractivity contribution in [3.05, 3.63) is 66.2 Å². The van der Waals surface area contributed by atoms with Crippen LogP contribution in [-0.2, 0) is 34.6 Å². The van der Waals surface area contributed by atoms with Crippen molar-refractivity contribution in [2.24, 2.45) is 5.92 Å². The molecule has 4 aromatic rings. The number of sulfonamides is 1. The Hall–Kier alpha value is -5.35.